The van der Waals surface area contributed by atoms with Gasteiger partial charge in [-0.15, -0.1) is 22.7 Å². The minimum atomic E-state index is -0.329. The molecule has 0 N–H and O–H groups in total. The van der Waals surface area contributed by atoms with Gasteiger partial charge in [-0.2, -0.15) is 0 Å². The van der Waals surface area contributed by atoms with Crippen LogP contribution in [0, 0.1) is 10.1 Å². The summed E-state index contributed by atoms with van der Waals surface area (Å²) in [5.41, 5.74) is 1.87. The van der Waals surface area contributed by atoms with Crippen molar-refractivity contribution in [1.29, 1.82) is 0 Å². The zero-order chi connectivity index (χ0) is 22.8. The van der Waals surface area contributed by atoms with E-state index in [2.05, 4.69) is 21.7 Å². The van der Waals surface area contributed by atoms with Gasteiger partial charge in [0.2, 0.25) is 0 Å². The van der Waals surface area contributed by atoms with Gasteiger partial charge in [0.25, 0.3) is 5.69 Å². The number of nitro benzene ring substituents is 1. The lowest BCUT2D eigenvalue weighted by Gasteiger charge is -2.26. The molecule has 33 heavy (non-hydrogen) atoms. The first-order valence-electron chi connectivity index (χ1n) is 10.7. The molecule has 0 atom stereocenters. The highest BCUT2D eigenvalue weighted by Crippen LogP contribution is 2.40. The van der Waals surface area contributed by atoms with E-state index in [1.54, 1.807) is 40.9 Å². The molecule has 1 fully saturated rings. The van der Waals surface area contributed by atoms with E-state index in [-0.39, 0.29) is 10.6 Å². The lowest BCUT2D eigenvalue weighted by Crippen LogP contribution is -2.36. The molecule has 1 aliphatic heterocycles. The smallest absolute Gasteiger partial charge is 0.274 e. The summed E-state index contributed by atoms with van der Waals surface area (Å²) < 4.78 is 5.47. The molecule has 170 valence electrons. The van der Waals surface area contributed by atoms with E-state index in [9.17, 15) is 10.1 Å². The number of hydrogen-bond donors (Lipinski definition) is 0. The standard InChI is InChI=1S/C23H23N5O3S2/c1-26(13-16-5-2-3-6-18(16)28(29)30)22-21-17(19-7-4-12-32-19)15-33-23(21)25-20(24-22)14-27-8-10-31-11-9-27/h2-7,12,15H,8-11,13-14H2,1H3. The lowest BCUT2D eigenvalue weighted by atomic mass is 10.1. The number of hydrogen-bond acceptors (Lipinski definition) is 9. The summed E-state index contributed by atoms with van der Waals surface area (Å²) in [5, 5.41) is 16.7. The van der Waals surface area contributed by atoms with Gasteiger partial charge in [-0.25, -0.2) is 9.97 Å². The summed E-state index contributed by atoms with van der Waals surface area (Å²) in [5.74, 6) is 1.56. The first-order chi connectivity index (χ1) is 16.1. The average molecular weight is 482 g/mol. The Morgan fingerprint density at radius 2 is 1.97 bits per heavy atom. The molecule has 4 aromatic rings. The van der Waals surface area contributed by atoms with E-state index < -0.39 is 0 Å². The molecule has 4 heterocycles. The van der Waals surface area contributed by atoms with E-state index >= 15 is 0 Å². The lowest BCUT2D eigenvalue weighted by molar-refractivity contribution is -0.385. The number of thiophene rings is 2. The molecule has 0 bridgehead atoms. The van der Waals surface area contributed by atoms with Gasteiger partial charge in [0, 0.05) is 47.6 Å². The van der Waals surface area contributed by atoms with Crippen molar-refractivity contribution in [1.82, 2.24) is 14.9 Å². The van der Waals surface area contributed by atoms with Crippen molar-refractivity contribution in [2.24, 2.45) is 0 Å². The highest BCUT2D eigenvalue weighted by Gasteiger charge is 2.22. The van der Waals surface area contributed by atoms with Crippen LogP contribution in [-0.4, -0.2) is 53.1 Å². The van der Waals surface area contributed by atoms with Gasteiger partial charge in [-0.05, 0) is 11.4 Å². The number of aromatic nitrogens is 2. The number of para-hydroxylation sites is 1. The molecule has 0 amide bonds. The van der Waals surface area contributed by atoms with Crippen LogP contribution in [0.3, 0.4) is 0 Å². The van der Waals surface area contributed by atoms with Crippen LogP contribution >= 0.6 is 22.7 Å². The summed E-state index contributed by atoms with van der Waals surface area (Å²) >= 11 is 3.29. The first kappa shape index (κ1) is 21.9. The largest absolute Gasteiger partial charge is 0.379 e. The number of anilines is 1. The summed E-state index contributed by atoms with van der Waals surface area (Å²) in [7, 11) is 1.94. The Kier molecular flexibility index (Phi) is 6.32. The van der Waals surface area contributed by atoms with Gasteiger partial charge in [-0.1, -0.05) is 24.3 Å². The molecule has 0 unspecified atom stereocenters. The molecular formula is C23H23N5O3S2. The third-order valence-electron chi connectivity index (χ3n) is 5.67. The van der Waals surface area contributed by atoms with Crippen molar-refractivity contribution in [2.75, 3.05) is 38.3 Å². The second-order valence-electron chi connectivity index (χ2n) is 7.90. The summed E-state index contributed by atoms with van der Waals surface area (Å²) in [6.07, 6.45) is 0. The van der Waals surface area contributed by atoms with E-state index in [4.69, 9.17) is 14.7 Å². The van der Waals surface area contributed by atoms with Gasteiger partial charge in [-0.3, -0.25) is 15.0 Å². The Hall–Kier alpha value is -2.92. The molecule has 3 aromatic heterocycles. The molecule has 1 aromatic carbocycles. The second-order valence-corrected chi connectivity index (χ2v) is 9.71. The zero-order valence-electron chi connectivity index (χ0n) is 18.1. The summed E-state index contributed by atoms with van der Waals surface area (Å²) in [6.45, 7) is 4.17. The number of nitrogens with zero attached hydrogens (tertiary/aromatic N) is 5. The van der Waals surface area contributed by atoms with Crippen LogP contribution in [0.25, 0.3) is 20.7 Å². The molecule has 0 aliphatic carbocycles. The summed E-state index contributed by atoms with van der Waals surface area (Å²) in [4.78, 5) is 27.5. The van der Waals surface area contributed by atoms with E-state index in [1.807, 2.05) is 24.1 Å². The number of rotatable bonds is 7. The maximum absolute atomic E-state index is 11.5. The highest BCUT2D eigenvalue weighted by atomic mass is 32.1. The zero-order valence-corrected chi connectivity index (χ0v) is 19.8. The fourth-order valence-electron chi connectivity index (χ4n) is 4.04. The van der Waals surface area contributed by atoms with Gasteiger partial charge in [0.05, 0.1) is 36.6 Å². The van der Waals surface area contributed by atoms with Crippen LogP contribution in [-0.2, 0) is 17.8 Å². The number of nitro groups is 1. The van der Waals surface area contributed by atoms with Gasteiger partial charge < -0.3 is 9.64 Å². The number of ether oxygens (including phenoxy) is 1. The van der Waals surface area contributed by atoms with Gasteiger partial charge in [0.1, 0.15) is 16.5 Å². The number of fused-ring (bicyclic) bond motifs is 1. The Morgan fingerprint density at radius 1 is 1.15 bits per heavy atom. The van der Waals surface area contributed by atoms with Crippen LogP contribution in [0.15, 0.2) is 47.2 Å². The SMILES string of the molecule is CN(Cc1ccccc1[N+](=O)[O-])c1nc(CN2CCOCC2)nc2scc(-c3cccs3)c12. The third-order valence-corrected chi connectivity index (χ3v) is 7.45. The maximum atomic E-state index is 11.5. The minimum absolute atomic E-state index is 0.118. The maximum Gasteiger partial charge on any atom is 0.274 e. The van der Waals surface area contributed by atoms with Crippen LogP contribution in [0.2, 0.25) is 0 Å². The van der Waals surface area contributed by atoms with Crippen molar-refractivity contribution in [2.45, 2.75) is 13.1 Å². The molecule has 0 saturated carbocycles. The molecule has 5 rings (SSSR count). The van der Waals surface area contributed by atoms with Crippen molar-refractivity contribution < 1.29 is 9.66 Å². The number of benzene rings is 1. The average Bonchev–Trinajstić information content (AvgIpc) is 3.49. The van der Waals surface area contributed by atoms with E-state index in [0.29, 0.717) is 31.9 Å². The Labute approximate surface area is 199 Å². The predicted octanol–water partition coefficient (Wildman–Crippen LogP) is 4.80. The van der Waals surface area contributed by atoms with Crippen molar-refractivity contribution in [3.63, 3.8) is 0 Å². The normalized spacial score (nSPS) is 14.6. The van der Waals surface area contributed by atoms with Crippen LogP contribution in [0.5, 0.6) is 0 Å². The van der Waals surface area contributed by atoms with Crippen molar-refractivity contribution >= 4 is 44.4 Å². The number of morpholine rings is 1. The van der Waals surface area contributed by atoms with Crippen molar-refractivity contribution in [3.05, 3.63) is 68.7 Å². The van der Waals surface area contributed by atoms with Crippen LogP contribution < -0.4 is 4.90 Å². The van der Waals surface area contributed by atoms with Crippen molar-refractivity contribution in [3.8, 4) is 10.4 Å². The predicted molar refractivity (Wildman–Crippen MR) is 132 cm³/mol. The third kappa shape index (κ3) is 4.60. The Morgan fingerprint density at radius 3 is 2.73 bits per heavy atom. The molecule has 10 heteroatoms. The highest BCUT2D eigenvalue weighted by molar-refractivity contribution is 7.18. The topological polar surface area (TPSA) is 84.6 Å². The van der Waals surface area contributed by atoms with E-state index in [1.165, 1.54) is 0 Å². The molecule has 1 saturated heterocycles. The second kappa shape index (κ2) is 9.52. The van der Waals surface area contributed by atoms with E-state index in [0.717, 1.165) is 45.4 Å². The fourth-order valence-corrected chi connectivity index (χ4v) is 5.81. The minimum Gasteiger partial charge on any atom is -0.379 e. The molecule has 8 nitrogen and oxygen atoms in total. The monoisotopic (exact) mass is 481 g/mol. The first-order valence-corrected chi connectivity index (χ1v) is 12.4. The van der Waals surface area contributed by atoms with Crippen LogP contribution in [0.1, 0.15) is 11.4 Å². The quantitative estimate of drug-likeness (QED) is 0.277. The van der Waals surface area contributed by atoms with Gasteiger partial charge in [0.15, 0.2) is 0 Å². The molecule has 1 aliphatic rings. The fraction of sp³-hybridized carbons (Fsp3) is 0.304. The molecular weight excluding hydrogens is 458 g/mol. The Bertz CT molecular complexity index is 1270. The molecule has 0 spiro atoms. The molecule has 0 radical (unpaired) electrons. The van der Waals surface area contributed by atoms with Crippen LogP contribution in [0.4, 0.5) is 11.5 Å². The Balaban J connectivity index is 1.57. The van der Waals surface area contributed by atoms with Gasteiger partial charge >= 0.3 is 0 Å². The summed E-state index contributed by atoms with van der Waals surface area (Å²) in [6, 6.07) is 11.0.